The van der Waals surface area contributed by atoms with Crippen molar-refractivity contribution >= 4 is 15.9 Å². The third-order valence-electron chi connectivity index (χ3n) is 3.22. The number of nitrogens with zero attached hydrogens (tertiary/aromatic N) is 2. The molecule has 98 valence electrons. The normalized spacial score (nSPS) is 22.0. The Labute approximate surface area is 119 Å². The zero-order valence-corrected chi connectivity index (χ0v) is 11.9. The van der Waals surface area contributed by atoms with E-state index in [1.165, 1.54) is 0 Å². The maximum Gasteiger partial charge on any atom is 0.233 e. The van der Waals surface area contributed by atoms with Gasteiger partial charge in [0.05, 0.1) is 5.92 Å². The Morgan fingerprint density at radius 2 is 2.16 bits per heavy atom. The average molecular weight is 320 g/mol. The van der Waals surface area contributed by atoms with Crippen LogP contribution in [0, 0.1) is 0 Å². The number of aromatic nitrogens is 2. The molecule has 2 N–H and O–H groups in total. The standard InChI is InChI=1S/C14H14BrN3O/c15-12-4-2-1-3-9(12)8-13-17-14(19-18-13)10-5-6-11(16)7-10/h1-6,10-11H,7-8,16H2. The van der Waals surface area contributed by atoms with Crippen LogP contribution < -0.4 is 5.73 Å². The Balaban J connectivity index is 1.75. The van der Waals surface area contributed by atoms with Gasteiger partial charge in [-0.05, 0) is 18.1 Å². The highest BCUT2D eigenvalue weighted by molar-refractivity contribution is 9.10. The third kappa shape index (κ3) is 2.77. The molecular weight excluding hydrogens is 306 g/mol. The number of allylic oxidation sites excluding steroid dienone is 1. The van der Waals surface area contributed by atoms with E-state index in [2.05, 4.69) is 26.1 Å². The second-order valence-electron chi connectivity index (χ2n) is 4.71. The summed E-state index contributed by atoms with van der Waals surface area (Å²) in [4.78, 5) is 4.46. The Bertz CT molecular complexity index is 608. The first-order valence-corrected chi connectivity index (χ1v) is 7.01. The van der Waals surface area contributed by atoms with E-state index in [-0.39, 0.29) is 12.0 Å². The Hall–Kier alpha value is -1.46. The average Bonchev–Trinajstić information content (AvgIpc) is 3.01. The molecule has 1 aromatic heterocycles. The number of benzene rings is 1. The first-order chi connectivity index (χ1) is 9.22. The van der Waals surface area contributed by atoms with Crippen LogP contribution in [0.3, 0.4) is 0 Å². The van der Waals surface area contributed by atoms with Gasteiger partial charge < -0.3 is 10.3 Å². The van der Waals surface area contributed by atoms with Gasteiger partial charge in [-0.3, -0.25) is 0 Å². The van der Waals surface area contributed by atoms with Crippen molar-refractivity contribution in [2.75, 3.05) is 0 Å². The van der Waals surface area contributed by atoms with Gasteiger partial charge in [0, 0.05) is 16.9 Å². The zero-order valence-electron chi connectivity index (χ0n) is 10.3. The van der Waals surface area contributed by atoms with Crippen molar-refractivity contribution in [1.82, 2.24) is 10.1 Å². The van der Waals surface area contributed by atoms with Crippen LogP contribution >= 0.6 is 15.9 Å². The highest BCUT2D eigenvalue weighted by atomic mass is 79.9. The molecule has 0 amide bonds. The fourth-order valence-electron chi connectivity index (χ4n) is 2.21. The summed E-state index contributed by atoms with van der Waals surface area (Å²) < 4.78 is 6.39. The summed E-state index contributed by atoms with van der Waals surface area (Å²) in [6.07, 6.45) is 5.53. The summed E-state index contributed by atoms with van der Waals surface area (Å²) in [5.74, 6) is 1.53. The van der Waals surface area contributed by atoms with Crippen LogP contribution in [0.2, 0.25) is 0 Å². The highest BCUT2D eigenvalue weighted by Gasteiger charge is 2.23. The van der Waals surface area contributed by atoms with Gasteiger partial charge in [-0.15, -0.1) is 0 Å². The summed E-state index contributed by atoms with van der Waals surface area (Å²) in [7, 11) is 0. The second kappa shape index (κ2) is 5.27. The maximum atomic E-state index is 5.83. The van der Waals surface area contributed by atoms with Gasteiger partial charge in [0.25, 0.3) is 0 Å². The van der Waals surface area contributed by atoms with Gasteiger partial charge >= 0.3 is 0 Å². The molecule has 0 saturated carbocycles. The van der Waals surface area contributed by atoms with Crippen LogP contribution in [0.1, 0.15) is 29.6 Å². The fraction of sp³-hybridized carbons (Fsp3) is 0.286. The molecule has 4 nitrogen and oxygen atoms in total. The summed E-state index contributed by atoms with van der Waals surface area (Å²) >= 11 is 3.52. The molecule has 2 aromatic rings. The van der Waals surface area contributed by atoms with Gasteiger partial charge in [0.1, 0.15) is 0 Å². The first kappa shape index (κ1) is 12.6. The molecule has 3 rings (SSSR count). The molecule has 0 radical (unpaired) electrons. The van der Waals surface area contributed by atoms with E-state index >= 15 is 0 Å². The predicted octanol–water partition coefficient (Wildman–Crippen LogP) is 2.79. The molecule has 0 saturated heterocycles. The first-order valence-electron chi connectivity index (χ1n) is 6.22. The number of nitrogens with two attached hydrogens (primary N) is 1. The van der Waals surface area contributed by atoms with Crippen LogP contribution in [0.15, 0.2) is 45.4 Å². The Morgan fingerprint density at radius 1 is 1.32 bits per heavy atom. The SMILES string of the molecule is NC1C=CC(c2nc(Cc3ccccc3Br)no2)C1. The highest BCUT2D eigenvalue weighted by Crippen LogP contribution is 2.27. The van der Waals surface area contributed by atoms with Gasteiger partial charge in [-0.25, -0.2) is 0 Å². The molecule has 1 aliphatic rings. The minimum absolute atomic E-state index is 0.101. The molecule has 2 atom stereocenters. The summed E-state index contributed by atoms with van der Waals surface area (Å²) in [6.45, 7) is 0. The van der Waals surface area contributed by atoms with Crippen molar-refractivity contribution < 1.29 is 4.52 Å². The number of hydrogen-bond donors (Lipinski definition) is 1. The van der Waals surface area contributed by atoms with Crippen molar-refractivity contribution in [2.45, 2.75) is 24.8 Å². The number of halogens is 1. The Kier molecular flexibility index (Phi) is 3.48. The monoisotopic (exact) mass is 319 g/mol. The summed E-state index contributed by atoms with van der Waals surface area (Å²) in [5.41, 5.74) is 6.98. The topological polar surface area (TPSA) is 64.9 Å². The largest absolute Gasteiger partial charge is 0.339 e. The van der Waals surface area contributed by atoms with E-state index in [0.717, 1.165) is 16.5 Å². The van der Waals surface area contributed by atoms with Crippen LogP contribution in [0.25, 0.3) is 0 Å². The number of rotatable bonds is 3. The lowest BCUT2D eigenvalue weighted by Gasteiger charge is -2.02. The molecule has 0 fully saturated rings. The molecule has 0 bridgehead atoms. The lowest BCUT2D eigenvalue weighted by Crippen LogP contribution is -2.14. The second-order valence-corrected chi connectivity index (χ2v) is 5.56. The molecule has 19 heavy (non-hydrogen) atoms. The summed E-state index contributed by atoms with van der Waals surface area (Å²) in [6, 6.07) is 8.14. The van der Waals surface area contributed by atoms with E-state index in [9.17, 15) is 0 Å². The van der Waals surface area contributed by atoms with E-state index in [1.807, 2.05) is 36.4 Å². The van der Waals surface area contributed by atoms with Gasteiger partial charge in [0.2, 0.25) is 5.89 Å². The number of hydrogen-bond acceptors (Lipinski definition) is 4. The van der Waals surface area contributed by atoms with E-state index in [4.69, 9.17) is 10.3 Å². The molecule has 0 spiro atoms. The van der Waals surface area contributed by atoms with Crippen molar-refractivity contribution in [3.63, 3.8) is 0 Å². The van der Waals surface area contributed by atoms with Gasteiger partial charge in [-0.2, -0.15) is 4.98 Å². The third-order valence-corrected chi connectivity index (χ3v) is 4.00. The van der Waals surface area contributed by atoms with Gasteiger partial charge in [-0.1, -0.05) is 51.4 Å². The fourth-order valence-corrected chi connectivity index (χ4v) is 2.64. The molecule has 1 aliphatic carbocycles. The molecule has 0 aliphatic heterocycles. The molecule has 1 heterocycles. The maximum absolute atomic E-state index is 5.83. The van der Waals surface area contributed by atoms with Gasteiger partial charge in [0.15, 0.2) is 5.82 Å². The van der Waals surface area contributed by atoms with Crippen LogP contribution in [-0.2, 0) is 6.42 Å². The Morgan fingerprint density at radius 3 is 2.89 bits per heavy atom. The quantitative estimate of drug-likeness (QED) is 0.883. The summed E-state index contributed by atoms with van der Waals surface area (Å²) in [5, 5.41) is 4.04. The van der Waals surface area contributed by atoms with E-state index in [1.54, 1.807) is 0 Å². The molecule has 2 unspecified atom stereocenters. The molecule has 5 heteroatoms. The predicted molar refractivity (Wildman–Crippen MR) is 75.7 cm³/mol. The zero-order chi connectivity index (χ0) is 13.2. The molecular formula is C14H14BrN3O. The van der Waals surface area contributed by atoms with Crippen LogP contribution in [-0.4, -0.2) is 16.2 Å². The molecule has 1 aromatic carbocycles. The van der Waals surface area contributed by atoms with Crippen molar-refractivity contribution in [2.24, 2.45) is 5.73 Å². The minimum atomic E-state index is 0.101. The lowest BCUT2D eigenvalue weighted by molar-refractivity contribution is 0.360. The van der Waals surface area contributed by atoms with Crippen molar-refractivity contribution in [3.05, 3.63) is 58.2 Å². The van der Waals surface area contributed by atoms with Crippen molar-refractivity contribution in [1.29, 1.82) is 0 Å². The smallest absolute Gasteiger partial charge is 0.233 e. The van der Waals surface area contributed by atoms with Crippen LogP contribution in [0.5, 0.6) is 0 Å². The van der Waals surface area contributed by atoms with E-state index < -0.39 is 0 Å². The minimum Gasteiger partial charge on any atom is -0.339 e. The van der Waals surface area contributed by atoms with Crippen LogP contribution in [0.4, 0.5) is 0 Å². The van der Waals surface area contributed by atoms with Crippen molar-refractivity contribution in [3.8, 4) is 0 Å². The van der Waals surface area contributed by atoms with E-state index in [0.29, 0.717) is 18.1 Å². The lowest BCUT2D eigenvalue weighted by atomic mass is 10.1.